The van der Waals surface area contributed by atoms with E-state index in [9.17, 15) is 4.79 Å². The average molecular weight is 275 g/mol. The number of carbonyl (C=O) groups excluding carboxylic acids is 1. The highest BCUT2D eigenvalue weighted by Gasteiger charge is 2.04. The third kappa shape index (κ3) is 2.77. The maximum atomic E-state index is 11.3. The van der Waals surface area contributed by atoms with E-state index >= 15 is 0 Å². The summed E-state index contributed by atoms with van der Waals surface area (Å²) in [5.74, 6) is -0.295. The molecule has 0 aliphatic rings. The molecule has 1 aromatic heterocycles. The molecule has 0 aliphatic carbocycles. The molecule has 102 valence electrons. The van der Waals surface area contributed by atoms with Crippen LogP contribution in [0.25, 0.3) is 22.2 Å². The van der Waals surface area contributed by atoms with Gasteiger partial charge in [-0.15, -0.1) is 0 Å². The minimum absolute atomic E-state index is 0.135. The molecule has 0 aliphatic heterocycles. The Labute approximate surface area is 122 Å². The Kier molecular flexibility index (Phi) is 3.40. The van der Waals surface area contributed by atoms with Gasteiger partial charge in [0.1, 0.15) is 6.42 Å². The summed E-state index contributed by atoms with van der Waals surface area (Å²) in [6.07, 6.45) is -0.135. The minimum Gasteiger partial charge on any atom is -0.355 e. The van der Waals surface area contributed by atoms with E-state index in [4.69, 9.17) is 5.26 Å². The van der Waals surface area contributed by atoms with Crippen molar-refractivity contribution in [3.63, 3.8) is 0 Å². The second-order valence-corrected chi connectivity index (χ2v) is 4.73. The molecule has 4 heteroatoms. The van der Waals surface area contributed by atoms with Crippen molar-refractivity contribution < 1.29 is 4.79 Å². The largest absolute Gasteiger partial charge is 0.355 e. The van der Waals surface area contributed by atoms with Crippen LogP contribution >= 0.6 is 0 Å². The summed E-state index contributed by atoms with van der Waals surface area (Å²) < 4.78 is 0. The number of para-hydroxylation sites is 1. The Hall–Kier alpha value is -3.06. The highest BCUT2D eigenvalue weighted by atomic mass is 16.1. The van der Waals surface area contributed by atoms with E-state index in [1.165, 1.54) is 5.39 Å². The Morgan fingerprint density at radius 3 is 2.62 bits per heavy atom. The Morgan fingerprint density at radius 1 is 1.14 bits per heavy atom. The summed E-state index contributed by atoms with van der Waals surface area (Å²) >= 11 is 0. The van der Waals surface area contributed by atoms with Gasteiger partial charge in [-0.2, -0.15) is 5.26 Å². The molecule has 0 radical (unpaired) electrons. The van der Waals surface area contributed by atoms with Crippen molar-refractivity contribution in [2.24, 2.45) is 0 Å². The van der Waals surface area contributed by atoms with Crippen LogP contribution in [0.3, 0.4) is 0 Å². The molecule has 21 heavy (non-hydrogen) atoms. The summed E-state index contributed by atoms with van der Waals surface area (Å²) in [6.45, 7) is 0. The molecule has 0 saturated heterocycles. The van der Waals surface area contributed by atoms with Gasteiger partial charge in [0.05, 0.1) is 6.07 Å². The normalized spacial score (nSPS) is 10.2. The van der Waals surface area contributed by atoms with Gasteiger partial charge in [-0.1, -0.05) is 30.3 Å². The van der Waals surface area contributed by atoms with E-state index in [0.29, 0.717) is 5.69 Å². The van der Waals surface area contributed by atoms with E-state index in [1.807, 2.05) is 48.5 Å². The van der Waals surface area contributed by atoms with Crippen LogP contribution < -0.4 is 5.32 Å². The molecule has 2 aromatic carbocycles. The van der Waals surface area contributed by atoms with Crippen LogP contribution in [0.15, 0.2) is 54.6 Å². The summed E-state index contributed by atoms with van der Waals surface area (Å²) in [4.78, 5) is 14.7. The molecular formula is C17H13N3O. The highest BCUT2D eigenvalue weighted by molar-refractivity contribution is 5.92. The van der Waals surface area contributed by atoms with Gasteiger partial charge >= 0.3 is 0 Å². The molecule has 1 heterocycles. The lowest BCUT2D eigenvalue weighted by molar-refractivity contribution is -0.115. The minimum atomic E-state index is -0.295. The van der Waals surface area contributed by atoms with Crippen LogP contribution in [0.4, 0.5) is 5.69 Å². The van der Waals surface area contributed by atoms with Crippen molar-refractivity contribution in [2.45, 2.75) is 6.42 Å². The van der Waals surface area contributed by atoms with Gasteiger partial charge in [0.15, 0.2) is 0 Å². The zero-order valence-electron chi connectivity index (χ0n) is 11.3. The first-order chi connectivity index (χ1) is 10.3. The first-order valence-electron chi connectivity index (χ1n) is 6.61. The number of amides is 1. The third-order valence-corrected chi connectivity index (χ3v) is 3.25. The molecule has 0 saturated carbocycles. The lowest BCUT2D eigenvalue weighted by Gasteiger charge is -2.04. The maximum Gasteiger partial charge on any atom is 0.238 e. The van der Waals surface area contributed by atoms with Crippen LogP contribution in [0, 0.1) is 11.3 Å². The second-order valence-electron chi connectivity index (χ2n) is 4.73. The quantitative estimate of drug-likeness (QED) is 0.765. The van der Waals surface area contributed by atoms with Crippen LogP contribution in [0.1, 0.15) is 6.42 Å². The number of nitriles is 1. The Morgan fingerprint density at radius 2 is 1.90 bits per heavy atom. The monoisotopic (exact) mass is 275 g/mol. The number of hydrogen-bond acceptors (Lipinski definition) is 2. The van der Waals surface area contributed by atoms with Crippen LogP contribution in [0.2, 0.25) is 0 Å². The van der Waals surface area contributed by atoms with E-state index in [0.717, 1.165) is 16.8 Å². The van der Waals surface area contributed by atoms with Crippen molar-refractivity contribution in [3.05, 3.63) is 54.6 Å². The molecule has 3 rings (SSSR count). The molecule has 0 atom stereocenters. The number of hydrogen-bond donors (Lipinski definition) is 2. The van der Waals surface area contributed by atoms with Crippen molar-refractivity contribution in [3.8, 4) is 17.3 Å². The summed E-state index contributed by atoms with van der Waals surface area (Å²) in [6, 6.07) is 19.6. The fourth-order valence-corrected chi connectivity index (χ4v) is 2.24. The zero-order valence-corrected chi connectivity index (χ0v) is 11.3. The van der Waals surface area contributed by atoms with Gasteiger partial charge < -0.3 is 10.3 Å². The first kappa shape index (κ1) is 12.9. The molecule has 3 aromatic rings. The average Bonchev–Trinajstić information content (AvgIpc) is 2.92. The van der Waals surface area contributed by atoms with E-state index < -0.39 is 0 Å². The Bertz CT molecular complexity index is 792. The lowest BCUT2D eigenvalue weighted by Crippen LogP contribution is -2.09. The van der Waals surface area contributed by atoms with Gasteiger partial charge in [-0.05, 0) is 29.8 Å². The molecular weight excluding hydrogens is 262 g/mol. The van der Waals surface area contributed by atoms with Gasteiger partial charge in [0.2, 0.25) is 5.91 Å². The fraction of sp³-hybridized carbons (Fsp3) is 0.0588. The number of rotatable bonds is 3. The molecule has 0 spiro atoms. The summed E-state index contributed by atoms with van der Waals surface area (Å²) in [5.41, 5.74) is 3.87. The zero-order chi connectivity index (χ0) is 14.7. The third-order valence-electron chi connectivity index (χ3n) is 3.25. The number of aromatic nitrogens is 1. The number of nitrogens with one attached hydrogen (secondary N) is 2. The van der Waals surface area contributed by atoms with Gasteiger partial charge in [-0.25, -0.2) is 0 Å². The number of carbonyl (C=O) groups is 1. The second kappa shape index (κ2) is 5.51. The molecule has 4 nitrogen and oxygen atoms in total. The van der Waals surface area contributed by atoms with Crippen molar-refractivity contribution in [2.75, 3.05) is 5.32 Å². The number of H-pyrrole nitrogens is 1. The number of benzene rings is 2. The van der Waals surface area contributed by atoms with E-state index in [2.05, 4.69) is 22.4 Å². The van der Waals surface area contributed by atoms with Gasteiger partial charge in [-0.3, -0.25) is 4.79 Å². The Balaban J connectivity index is 1.83. The van der Waals surface area contributed by atoms with E-state index in [1.54, 1.807) is 0 Å². The predicted molar refractivity (Wildman–Crippen MR) is 82.6 cm³/mol. The van der Waals surface area contributed by atoms with Gasteiger partial charge in [0.25, 0.3) is 0 Å². The summed E-state index contributed by atoms with van der Waals surface area (Å²) in [5, 5.41) is 12.3. The number of aromatic amines is 1. The molecule has 0 unspecified atom stereocenters. The van der Waals surface area contributed by atoms with Crippen LogP contribution in [-0.2, 0) is 4.79 Å². The standard InChI is InChI=1S/C17H13N3O/c18-10-9-17(21)19-14-7-5-12(6-8-14)16-11-13-3-1-2-4-15(13)20-16/h1-8,11,20H,9H2,(H,19,21). The fourth-order valence-electron chi connectivity index (χ4n) is 2.24. The number of nitrogens with zero attached hydrogens (tertiary/aromatic N) is 1. The molecule has 0 bridgehead atoms. The molecule has 0 fully saturated rings. The van der Waals surface area contributed by atoms with Crippen molar-refractivity contribution in [1.29, 1.82) is 5.26 Å². The highest BCUT2D eigenvalue weighted by Crippen LogP contribution is 2.25. The van der Waals surface area contributed by atoms with E-state index in [-0.39, 0.29) is 12.3 Å². The molecule has 2 N–H and O–H groups in total. The topological polar surface area (TPSA) is 68.7 Å². The molecule has 1 amide bonds. The van der Waals surface area contributed by atoms with Crippen molar-refractivity contribution in [1.82, 2.24) is 4.98 Å². The SMILES string of the molecule is N#CCC(=O)Nc1ccc(-c2cc3ccccc3[nH]2)cc1. The van der Waals surface area contributed by atoms with Gasteiger partial charge in [0, 0.05) is 22.3 Å². The van der Waals surface area contributed by atoms with Crippen LogP contribution in [-0.4, -0.2) is 10.9 Å². The summed E-state index contributed by atoms with van der Waals surface area (Å²) in [7, 11) is 0. The number of anilines is 1. The lowest BCUT2D eigenvalue weighted by atomic mass is 10.1. The van der Waals surface area contributed by atoms with Crippen molar-refractivity contribution >= 4 is 22.5 Å². The maximum absolute atomic E-state index is 11.3. The first-order valence-corrected chi connectivity index (χ1v) is 6.61. The predicted octanol–water partition coefficient (Wildman–Crippen LogP) is 3.69. The smallest absolute Gasteiger partial charge is 0.238 e. The number of fused-ring (bicyclic) bond motifs is 1. The van der Waals surface area contributed by atoms with Crippen LogP contribution in [0.5, 0.6) is 0 Å².